The molecule has 1 aromatic rings. The van der Waals surface area contributed by atoms with Crippen molar-refractivity contribution >= 4 is 33.6 Å². The second-order valence-electron chi connectivity index (χ2n) is 4.03. The first-order valence-corrected chi connectivity index (χ1v) is 7.70. The van der Waals surface area contributed by atoms with Gasteiger partial charge in [-0.05, 0) is 47.2 Å². The second kappa shape index (κ2) is 7.07. The van der Waals surface area contributed by atoms with Gasteiger partial charge in [-0.2, -0.15) is 11.8 Å². The summed E-state index contributed by atoms with van der Waals surface area (Å²) in [7, 11) is 0. The summed E-state index contributed by atoms with van der Waals surface area (Å²) in [5, 5.41) is 3.53. The molecule has 17 heavy (non-hydrogen) atoms. The molecule has 0 aliphatic rings. The van der Waals surface area contributed by atoms with E-state index in [-0.39, 0.29) is 5.91 Å². The lowest BCUT2D eigenvalue weighted by Gasteiger charge is -2.10. The average molecular weight is 316 g/mol. The Hall–Kier alpha value is -0.480. The van der Waals surface area contributed by atoms with Gasteiger partial charge in [0.05, 0.1) is 5.56 Å². The summed E-state index contributed by atoms with van der Waals surface area (Å²) in [6.07, 6.45) is 3.08. The molecular formula is C13H18BrNOS. The monoisotopic (exact) mass is 315 g/mol. The topological polar surface area (TPSA) is 29.1 Å². The van der Waals surface area contributed by atoms with Gasteiger partial charge in [-0.15, -0.1) is 0 Å². The third-order valence-corrected chi connectivity index (χ3v) is 4.77. The van der Waals surface area contributed by atoms with Gasteiger partial charge in [0.15, 0.2) is 0 Å². The lowest BCUT2D eigenvalue weighted by atomic mass is 10.1. The highest BCUT2D eigenvalue weighted by Crippen LogP contribution is 2.20. The van der Waals surface area contributed by atoms with E-state index in [1.165, 1.54) is 0 Å². The molecule has 2 nitrogen and oxygen atoms in total. The van der Waals surface area contributed by atoms with Crippen LogP contribution in [0.5, 0.6) is 0 Å². The predicted octanol–water partition coefficient (Wildman–Crippen LogP) is 3.63. The Bertz CT molecular complexity index is 395. The Labute approximate surface area is 116 Å². The molecule has 1 N–H and O–H groups in total. The van der Waals surface area contributed by atoms with Crippen molar-refractivity contribution in [2.75, 3.05) is 12.8 Å². The Morgan fingerprint density at radius 2 is 2.24 bits per heavy atom. The number of aryl methyl sites for hydroxylation is 1. The molecule has 0 heterocycles. The molecule has 0 bridgehead atoms. The molecule has 0 saturated heterocycles. The van der Waals surface area contributed by atoms with E-state index in [0.717, 1.165) is 23.0 Å². The zero-order valence-electron chi connectivity index (χ0n) is 10.4. The van der Waals surface area contributed by atoms with Gasteiger partial charge in [0.25, 0.3) is 5.91 Å². The van der Waals surface area contributed by atoms with Gasteiger partial charge < -0.3 is 5.32 Å². The Balaban J connectivity index is 2.56. The van der Waals surface area contributed by atoms with Crippen LogP contribution < -0.4 is 5.32 Å². The number of benzene rings is 1. The largest absolute Gasteiger partial charge is 0.352 e. The molecule has 4 heteroatoms. The van der Waals surface area contributed by atoms with E-state index in [1.807, 2.05) is 36.9 Å². The molecule has 1 rings (SSSR count). The number of carbonyl (C=O) groups is 1. The second-order valence-corrected chi connectivity index (χ2v) is 6.10. The van der Waals surface area contributed by atoms with E-state index in [0.29, 0.717) is 10.8 Å². The minimum absolute atomic E-state index is 0.00567. The van der Waals surface area contributed by atoms with Gasteiger partial charge in [-0.1, -0.05) is 19.1 Å². The zero-order chi connectivity index (χ0) is 12.8. The quantitative estimate of drug-likeness (QED) is 0.899. The van der Waals surface area contributed by atoms with Crippen molar-refractivity contribution in [1.82, 2.24) is 5.32 Å². The highest BCUT2D eigenvalue weighted by Gasteiger charge is 2.10. The standard InChI is InChI=1S/C13H18BrNOS/c1-9-5-4-6-11(12(9)14)13(16)15-8-7-10(2)17-3/h4-6,10H,7-8H2,1-3H3,(H,15,16). The lowest BCUT2D eigenvalue weighted by molar-refractivity contribution is 0.0952. The molecule has 0 fully saturated rings. The van der Waals surface area contributed by atoms with Gasteiger partial charge in [0, 0.05) is 16.3 Å². The summed E-state index contributed by atoms with van der Waals surface area (Å²) in [4.78, 5) is 11.9. The molecule has 0 spiro atoms. The molecule has 1 atom stereocenters. The number of hydrogen-bond acceptors (Lipinski definition) is 2. The first kappa shape index (κ1) is 14.6. The summed E-state index contributed by atoms with van der Waals surface area (Å²) in [5.41, 5.74) is 1.79. The number of carbonyl (C=O) groups excluding carboxylic acids is 1. The van der Waals surface area contributed by atoms with Crippen LogP contribution in [0.15, 0.2) is 22.7 Å². The Morgan fingerprint density at radius 1 is 1.53 bits per heavy atom. The molecule has 0 radical (unpaired) electrons. The van der Waals surface area contributed by atoms with E-state index >= 15 is 0 Å². The first-order chi connectivity index (χ1) is 8.06. The maximum absolute atomic E-state index is 11.9. The van der Waals surface area contributed by atoms with Gasteiger partial charge in [-0.3, -0.25) is 4.79 Å². The van der Waals surface area contributed by atoms with E-state index in [1.54, 1.807) is 0 Å². The smallest absolute Gasteiger partial charge is 0.252 e. The van der Waals surface area contributed by atoms with Crippen molar-refractivity contribution in [2.24, 2.45) is 0 Å². The minimum Gasteiger partial charge on any atom is -0.352 e. The number of halogens is 1. The molecule has 1 aromatic carbocycles. The van der Waals surface area contributed by atoms with Crippen LogP contribution in [0.25, 0.3) is 0 Å². The molecule has 0 aliphatic heterocycles. The van der Waals surface area contributed by atoms with Gasteiger partial charge >= 0.3 is 0 Å². The summed E-state index contributed by atoms with van der Waals surface area (Å²) >= 11 is 5.27. The van der Waals surface area contributed by atoms with Crippen LogP contribution in [-0.4, -0.2) is 24.0 Å². The fraction of sp³-hybridized carbons (Fsp3) is 0.462. The van der Waals surface area contributed by atoms with Crippen LogP contribution in [0.3, 0.4) is 0 Å². The molecular weight excluding hydrogens is 298 g/mol. The van der Waals surface area contributed by atoms with Crippen molar-refractivity contribution in [3.05, 3.63) is 33.8 Å². The Kier molecular flexibility index (Phi) is 6.06. The molecule has 0 aliphatic carbocycles. The van der Waals surface area contributed by atoms with Gasteiger partial charge in [0.1, 0.15) is 0 Å². The third-order valence-electron chi connectivity index (χ3n) is 2.68. The maximum atomic E-state index is 11.9. The average Bonchev–Trinajstić information content (AvgIpc) is 2.32. The minimum atomic E-state index is -0.00567. The van der Waals surface area contributed by atoms with E-state index < -0.39 is 0 Å². The van der Waals surface area contributed by atoms with Crippen molar-refractivity contribution in [1.29, 1.82) is 0 Å². The molecule has 1 unspecified atom stereocenters. The molecule has 1 amide bonds. The fourth-order valence-electron chi connectivity index (χ4n) is 1.42. The first-order valence-electron chi connectivity index (χ1n) is 5.62. The fourth-order valence-corrected chi connectivity index (χ4v) is 2.22. The number of hydrogen-bond donors (Lipinski definition) is 1. The maximum Gasteiger partial charge on any atom is 0.252 e. The summed E-state index contributed by atoms with van der Waals surface area (Å²) < 4.78 is 0.885. The number of thioether (sulfide) groups is 1. The van der Waals surface area contributed by atoms with Crippen LogP contribution in [0.1, 0.15) is 29.3 Å². The van der Waals surface area contributed by atoms with Crippen molar-refractivity contribution in [3.63, 3.8) is 0 Å². The van der Waals surface area contributed by atoms with Crippen molar-refractivity contribution in [3.8, 4) is 0 Å². The van der Waals surface area contributed by atoms with E-state index in [4.69, 9.17) is 0 Å². The van der Waals surface area contributed by atoms with Gasteiger partial charge in [0.2, 0.25) is 0 Å². The molecule has 0 saturated carbocycles. The van der Waals surface area contributed by atoms with Crippen molar-refractivity contribution in [2.45, 2.75) is 25.5 Å². The SMILES string of the molecule is CSC(C)CCNC(=O)c1cccc(C)c1Br. The van der Waals surface area contributed by atoms with Crippen LogP contribution in [-0.2, 0) is 0 Å². The zero-order valence-corrected chi connectivity index (χ0v) is 12.8. The van der Waals surface area contributed by atoms with Gasteiger partial charge in [-0.25, -0.2) is 0 Å². The third kappa shape index (κ3) is 4.36. The molecule has 0 aromatic heterocycles. The number of amides is 1. The highest BCUT2D eigenvalue weighted by molar-refractivity contribution is 9.10. The van der Waals surface area contributed by atoms with Crippen LogP contribution in [0, 0.1) is 6.92 Å². The predicted molar refractivity (Wildman–Crippen MR) is 78.8 cm³/mol. The summed E-state index contributed by atoms with van der Waals surface area (Å²) in [6, 6.07) is 5.72. The number of rotatable bonds is 5. The Morgan fingerprint density at radius 3 is 2.88 bits per heavy atom. The van der Waals surface area contributed by atoms with Crippen LogP contribution >= 0.6 is 27.7 Å². The highest BCUT2D eigenvalue weighted by atomic mass is 79.9. The molecule has 94 valence electrons. The summed E-state index contributed by atoms with van der Waals surface area (Å²) in [6.45, 7) is 4.87. The van der Waals surface area contributed by atoms with Crippen LogP contribution in [0.4, 0.5) is 0 Å². The van der Waals surface area contributed by atoms with E-state index in [9.17, 15) is 4.79 Å². The summed E-state index contributed by atoms with van der Waals surface area (Å²) in [5.74, 6) is -0.00567. The van der Waals surface area contributed by atoms with E-state index in [2.05, 4.69) is 34.4 Å². The van der Waals surface area contributed by atoms with Crippen LogP contribution in [0.2, 0.25) is 0 Å². The lowest BCUT2D eigenvalue weighted by Crippen LogP contribution is -2.26. The normalized spacial score (nSPS) is 12.2. The van der Waals surface area contributed by atoms with Crippen molar-refractivity contribution < 1.29 is 4.79 Å². The number of nitrogens with one attached hydrogen (secondary N) is 1.